The Morgan fingerprint density at radius 1 is 1.07 bits per heavy atom. The molecule has 1 saturated heterocycles. The summed E-state index contributed by atoms with van der Waals surface area (Å²) in [5, 5.41) is 2.91. The third-order valence-corrected chi connectivity index (χ3v) is 4.91. The van der Waals surface area contributed by atoms with Gasteiger partial charge in [-0.25, -0.2) is 13.6 Å². The van der Waals surface area contributed by atoms with Crippen molar-refractivity contribution in [3.05, 3.63) is 35.4 Å². The van der Waals surface area contributed by atoms with Crippen LogP contribution in [0.25, 0.3) is 0 Å². The van der Waals surface area contributed by atoms with Crippen molar-refractivity contribution < 1.29 is 23.1 Å². The minimum absolute atomic E-state index is 0.0521. The van der Waals surface area contributed by atoms with E-state index in [9.17, 15) is 18.4 Å². The van der Waals surface area contributed by atoms with Gasteiger partial charge in [-0.3, -0.25) is 4.79 Å². The van der Waals surface area contributed by atoms with Crippen molar-refractivity contribution in [2.24, 2.45) is 0 Å². The average Bonchev–Trinajstić information content (AvgIpc) is 2.56. The van der Waals surface area contributed by atoms with Crippen LogP contribution >= 0.6 is 0 Å². The van der Waals surface area contributed by atoms with Gasteiger partial charge in [-0.15, -0.1) is 0 Å². The third-order valence-electron chi connectivity index (χ3n) is 4.91. The summed E-state index contributed by atoms with van der Waals surface area (Å²) in [6.45, 7) is 7.52. The molecule has 1 aliphatic rings. The predicted molar refractivity (Wildman–Crippen MR) is 107 cm³/mol. The first kappa shape index (κ1) is 23.1. The maximum atomic E-state index is 13.9. The molecule has 1 unspecified atom stereocenters. The number of hydrogen-bond acceptors (Lipinski definition) is 3. The number of carbonyl (C=O) groups is 2. The number of amides is 2. The molecular formula is C22H32F2N2O3. The van der Waals surface area contributed by atoms with E-state index in [4.69, 9.17) is 4.74 Å². The second-order valence-electron chi connectivity index (χ2n) is 8.96. The average molecular weight is 411 g/mol. The topological polar surface area (TPSA) is 58.6 Å². The van der Waals surface area contributed by atoms with Gasteiger partial charge in [-0.2, -0.15) is 0 Å². The van der Waals surface area contributed by atoms with Crippen molar-refractivity contribution in [2.75, 3.05) is 13.1 Å². The first-order valence-electron chi connectivity index (χ1n) is 10.2. The molecule has 1 aliphatic heterocycles. The van der Waals surface area contributed by atoms with Crippen LogP contribution in [0, 0.1) is 11.6 Å². The van der Waals surface area contributed by atoms with Crippen molar-refractivity contribution >= 4 is 12.0 Å². The summed E-state index contributed by atoms with van der Waals surface area (Å²) >= 11 is 0. The van der Waals surface area contributed by atoms with Gasteiger partial charge in [0.25, 0.3) is 0 Å². The summed E-state index contributed by atoms with van der Waals surface area (Å²) in [4.78, 5) is 26.9. The van der Waals surface area contributed by atoms with Gasteiger partial charge < -0.3 is 15.0 Å². The second kappa shape index (κ2) is 9.55. The van der Waals surface area contributed by atoms with Gasteiger partial charge in [0.15, 0.2) is 0 Å². The molecule has 2 rings (SSSR count). The highest BCUT2D eigenvalue weighted by molar-refractivity contribution is 5.77. The Kier molecular flexibility index (Phi) is 7.60. The quantitative estimate of drug-likeness (QED) is 0.717. The summed E-state index contributed by atoms with van der Waals surface area (Å²) in [5.41, 5.74) is -1.56. The van der Waals surface area contributed by atoms with E-state index in [1.54, 1.807) is 27.7 Å². The molecule has 1 aromatic rings. The molecule has 2 amide bonds. The molecule has 0 bridgehead atoms. The van der Waals surface area contributed by atoms with Gasteiger partial charge in [0, 0.05) is 19.0 Å². The number of nitrogens with zero attached hydrogens (tertiary/aromatic N) is 1. The minimum atomic E-state index is -1.16. The zero-order chi connectivity index (χ0) is 21.7. The number of hydrogen-bond donors (Lipinski definition) is 1. The first-order valence-corrected chi connectivity index (χ1v) is 10.2. The molecule has 1 atom stereocenters. The lowest BCUT2D eigenvalue weighted by molar-refractivity contribution is -0.123. The molecule has 7 heteroatoms. The molecule has 0 radical (unpaired) electrons. The molecule has 1 fully saturated rings. The van der Waals surface area contributed by atoms with Gasteiger partial charge in [0.1, 0.15) is 17.2 Å². The molecule has 5 nitrogen and oxygen atoms in total. The Bertz CT molecular complexity index is 713. The maximum Gasteiger partial charge on any atom is 0.410 e. The van der Waals surface area contributed by atoms with E-state index in [0.717, 1.165) is 38.2 Å². The molecule has 162 valence electrons. The molecule has 1 heterocycles. The Morgan fingerprint density at radius 3 is 2.28 bits per heavy atom. The number of halogens is 2. The lowest BCUT2D eigenvalue weighted by Crippen LogP contribution is -2.53. The Labute approximate surface area is 171 Å². The van der Waals surface area contributed by atoms with Gasteiger partial charge >= 0.3 is 6.09 Å². The summed E-state index contributed by atoms with van der Waals surface area (Å²) in [5.74, 6) is -1.67. The number of ether oxygens (including phenoxy) is 1. The number of benzene rings is 1. The van der Waals surface area contributed by atoms with Crippen LogP contribution in [0.5, 0.6) is 0 Å². The van der Waals surface area contributed by atoms with Crippen LogP contribution in [-0.2, 0) is 15.1 Å². The standard InChI is InChI=1S/C22H32F2N2O3/c1-21(2,3)29-20(28)26-11-9-7-5-6-8-10-19(27)25-22(4,15-26)16-12-17(23)14-18(24)13-16/h12-14H,5-11,15H2,1-4H3,(H,25,27). The highest BCUT2D eigenvalue weighted by Crippen LogP contribution is 2.26. The van der Waals surface area contributed by atoms with Crippen molar-refractivity contribution in [1.82, 2.24) is 10.2 Å². The van der Waals surface area contributed by atoms with E-state index >= 15 is 0 Å². The van der Waals surface area contributed by atoms with E-state index < -0.39 is 28.9 Å². The van der Waals surface area contributed by atoms with Crippen molar-refractivity contribution in [1.29, 1.82) is 0 Å². The van der Waals surface area contributed by atoms with Gasteiger partial charge in [0.05, 0.1) is 12.1 Å². The van der Waals surface area contributed by atoms with Crippen LogP contribution in [-0.4, -0.2) is 35.6 Å². The lowest BCUT2D eigenvalue weighted by atomic mass is 9.90. The van der Waals surface area contributed by atoms with Crippen molar-refractivity contribution in [3.63, 3.8) is 0 Å². The lowest BCUT2D eigenvalue weighted by Gasteiger charge is -2.38. The summed E-state index contributed by atoms with van der Waals surface area (Å²) in [6.07, 6.45) is 4.22. The fourth-order valence-corrected chi connectivity index (χ4v) is 3.51. The van der Waals surface area contributed by atoms with Gasteiger partial charge in [0.2, 0.25) is 5.91 Å². The Balaban J connectivity index is 2.40. The highest BCUT2D eigenvalue weighted by Gasteiger charge is 2.35. The number of rotatable bonds is 1. The fourth-order valence-electron chi connectivity index (χ4n) is 3.51. The minimum Gasteiger partial charge on any atom is -0.444 e. The molecule has 0 aromatic heterocycles. The number of nitrogens with one attached hydrogen (secondary N) is 1. The molecule has 0 saturated carbocycles. The Hall–Kier alpha value is -2.18. The highest BCUT2D eigenvalue weighted by atomic mass is 19.1. The van der Waals surface area contributed by atoms with E-state index in [-0.39, 0.29) is 18.0 Å². The first-order chi connectivity index (χ1) is 13.5. The van der Waals surface area contributed by atoms with E-state index in [1.165, 1.54) is 17.0 Å². The largest absolute Gasteiger partial charge is 0.444 e. The van der Waals surface area contributed by atoms with E-state index in [0.29, 0.717) is 13.0 Å². The summed E-state index contributed by atoms with van der Waals surface area (Å²) in [7, 11) is 0. The summed E-state index contributed by atoms with van der Waals surface area (Å²) in [6, 6.07) is 3.18. The maximum absolute atomic E-state index is 13.9. The van der Waals surface area contributed by atoms with Crippen LogP contribution in [0.1, 0.15) is 71.8 Å². The van der Waals surface area contributed by atoms with Gasteiger partial charge in [-0.1, -0.05) is 19.3 Å². The Morgan fingerprint density at radius 2 is 1.66 bits per heavy atom. The predicted octanol–water partition coefficient (Wildman–Crippen LogP) is 4.89. The second-order valence-corrected chi connectivity index (χ2v) is 8.96. The van der Waals surface area contributed by atoms with Crippen LogP contribution in [0.15, 0.2) is 18.2 Å². The van der Waals surface area contributed by atoms with Crippen LogP contribution in [0.4, 0.5) is 13.6 Å². The fraction of sp³-hybridized carbons (Fsp3) is 0.636. The van der Waals surface area contributed by atoms with E-state index in [2.05, 4.69) is 5.32 Å². The number of carbonyl (C=O) groups excluding carboxylic acids is 2. The molecule has 0 aliphatic carbocycles. The van der Waals surface area contributed by atoms with E-state index in [1.807, 2.05) is 0 Å². The smallest absolute Gasteiger partial charge is 0.410 e. The summed E-state index contributed by atoms with van der Waals surface area (Å²) < 4.78 is 33.4. The molecule has 0 spiro atoms. The third kappa shape index (κ3) is 7.29. The zero-order valence-corrected chi connectivity index (χ0v) is 17.8. The normalized spacial score (nSPS) is 22.3. The zero-order valence-electron chi connectivity index (χ0n) is 17.8. The van der Waals surface area contributed by atoms with Gasteiger partial charge in [-0.05, 0) is 58.2 Å². The van der Waals surface area contributed by atoms with Crippen LogP contribution in [0.2, 0.25) is 0 Å². The van der Waals surface area contributed by atoms with Crippen LogP contribution in [0.3, 0.4) is 0 Å². The molecule has 1 N–H and O–H groups in total. The SMILES string of the molecule is CC(C)(C)OC(=O)N1CCCCCCCC(=O)NC(C)(c2cc(F)cc(F)c2)C1. The molecule has 29 heavy (non-hydrogen) atoms. The monoisotopic (exact) mass is 410 g/mol. The molecular weight excluding hydrogens is 378 g/mol. The molecule has 1 aromatic carbocycles. The van der Waals surface area contributed by atoms with Crippen molar-refractivity contribution in [3.8, 4) is 0 Å². The van der Waals surface area contributed by atoms with Crippen molar-refractivity contribution in [2.45, 2.75) is 77.4 Å². The van der Waals surface area contributed by atoms with Crippen LogP contribution < -0.4 is 5.32 Å².